The summed E-state index contributed by atoms with van der Waals surface area (Å²) in [6.45, 7) is 2.63. The summed E-state index contributed by atoms with van der Waals surface area (Å²) < 4.78 is 7.53. The quantitative estimate of drug-likeness (QED) is 0.818. The Hall–Kier alpha value is -1.97. The summed E-state index contributed by atoms with van der Waals surface area (Å²) in [4.78, 5) is 0. The maximum atomic E-state index is 5.84. The summed E-state index contributed by atoms with van der Waals surface area (Å²) >= 11 is 0. The molecule has 2 N–H and O–H groups in total. The van der Waals surface area contributed by atoms with Gasteiger partial charge in [-0.05, 0) is 30.7 Å². The highest BCUT2D eigenvalue weighted by atomic mass is 16.5. The second kappa shape index (κ2) is 4.91. The van der Waals surface area contributed by atoms with Gasteiger partial charge in [0.25, 0.3) is 0 Å². The molecule has 1 aromatic heterocycles. The van der Waals surface area contributed by atoms with E-state index >= 15 is 0 Å². The van der Waals surface area contributed by atoms with Crippen LogP contribution in [0.1, 0.15) is 11.3 Å². The Balaban J connectivity index is 1.94. The van der Waals surface area contributed by atoms with Crippen molar-refractivity contribution in [3.05, 3.63) is 41.7 Å². The van der Waals surface area contributed by atoms with Gasteiger partial charge in [0, 0.05) is 25.4 Å². The van der Waals surface area contributed by atoms with Crippen molar-refractivity contribution in [3.63, 3.8) is 0 Å². The molecular formula is C13H17N3O. The second-order valence-electron chi connectivity index (χ2n) is 4.09. The molecule has 0 aliphatic rings. The molecule has 0 bridgehead atoms. The van der Waals surface area contributed by atoms with E-state index in [1.165, 1.54) is 0 Å². The van der Waals surface area contributed by atoms with Gasteiger partial charge in [0.05, 0.1) is 12.3 Å². The lowest BCUT2D eigenvalue weighted by Crippen LogP contribution is -2.07. The number of hydrogen-bond donors (Lipinski definition) is 1. The molecule has 0 atom stereocenters. The van der Waals surface area contributed by atoms with Crippen molar-refractivity contribution in [3.8, 4) is 5.75 Å². The van der Waals surface area contributed by atoms with Gasteiger partial charge in [-0.2, -0.15) is 5.10 Å². The molecule has 90 valence electrons. The van der Waals surface area contributed by atoms with Gasteiger partial charge < -0.3 is 10.5 Å². The fourth-order valence-corrected chi connectivity index (χ4v) is 1.68. The number of nitrogen functional groups attached to an aromatic ring is 1. The van der Waals surface area contributed by atoms with Gasteiger partial charge in [-0.25, -0.2) is 0 Å². The smallest absolute Gasteiger partial charge is 0.142 e. The lowest BCUT2D eigenvalue weighted by molar-refractivity contribution is 0.320. The first-order chi connectivity index (χ1) is 8.16. The molecule has 0 aliphatic heterocycles. The van der Waals surface area contributed by atoms with Crippen molar-refractivity contribution in [2.24, 2.45) is 7.05 Å². The molecule has 1 aromatic carbocycles. The molecule has 4 nitrogen and oxygen atoms in total. The summed E-state index contributed by atoms with van der Waals surface area (Å²) in [5, 5.41) is 4.11. The predicted octanol–water partition coefficient (Wildman–Crippen LogP) is 1.93. The minimum Gasteiger partial charge on any atom is -0.491 e. The van der Waals surface area contributed by atoms with Crippen molar-refractivity contribution in [1.82, 2.24) is 9.78 Å². The molecule has 1 heterocycles. The first-order valence-corrected chi connectivity index (χ1v) is 5.62. The summed E-state index contributed by atoms with van der Waals surface area (Å²) in [5.74, 6) is 0.757. The topological polar surface area (TPSA) is 53.1 Å². The lowest BCUT2D eigenvalue weighted by Gasteiger charge is -2.09. The Morgan fingerprint density at radius 2 is 2.18 bits per heavy atom. The predicted molar refractivity (Wildman–Crippen MR) is 68.0 cm³/mol. The second-order valence-corrected chi connectivity index (χ2v) is 4.09. The molecule has 17 heavy (non-hydrogen) atoms. The maximum Gasteiger partial charge on any atom is 0.142 e. The Morgan fingerprint density at radius 1 is 1.35 bits per heavy atom. The minimum atomic E-state index is 0.604. The van der Waals surface area contributed by atoms with E-state index < -0.39 is 0 Å². The first-order valence-electron chi connectivity index (χ1n) is 5.62. The van der Waals surface area contributed by atoms with Crippen LogP contribution in [0, 0.1) is 6.92 Å². The Bertz CT molecular complexity index is 505. The average molecular weight is 231 g/mol. The number of aromatic nitrogens is 2. The van der Waals surface area contributed by atoms with Crippen LogP contribution in [0.25, 0.3) is 0 Å². The van der Waals surface area contributed by atoms with Crippen LogP contribution in [0.15, 0.2) is 30.5 Å². The van der Waals surface area contributed by atoms with Crippen LogP contribution < -0.4 is 10.5 Å². The minimum absolute atomic E-state index is 0.604. The molecule has 0 aliphatic carbocycles. The molecular weight excluding hydrogens is 214 g/mol. The molecule has 0 saturated heterocycles. The third kappa shape index (κ3) is 2.78. The number of nitrogens with zero attached hydrogens (tertiary/aromatic N) is 2. The van der Waals surface area contributed by atoms with E-state index in [1.54, 1.807) is 6.20 Å². The zero-order valence-electron chi connectivity index (χ0n) is 10.2. The van der Waals surface area contributed by atoms with Crippen LogP contribution in [0.4, 0.5) is 5.69 Å². The zero-order chi connectivity index (χ0) is 12.3. The Kier molecular flexibility index (Phi) is 3.32. The highest BCUT2D eigenvalue weighted by molar-refractivity contribution is 5.53. The van der Waals surface area contributed by atoms with E-state index in [4.69, 9.17) is 10.5 Å². The SMILES string of the molecule is Cc1ccc(N)c(OCCc2ccnn2C)c1. The van der Waals surface area contributed by atoms with Gasteiger partial charge in [0.1, 0.15) is 5.75 Å². The fourth-order valence-electron chi connectivity index (χ4n) is 1.68. The van der Waals surface area contributed by atoms with Gasteiger partial charge in [-0.15, -0.1) is 0 Å². The van der Waals surface area contributed by atoms with Crippen molar-refractivity contribution < 1.29 is 4.74 Å². The van der Waals surface area contributed by atoms with Crippen molar-refractivity contribution in [1.29, 1.82) is 0 Å². The molecule has 4 heteroatoms. The molecule has 0 spiro atoms. The number of anilines is 1. The van der Waals surface area contributed by atoms with Crippen LogP contribution in [0.5, 0.6) is 5.75 Å². The number of hydrogen-bond acceptors (Lipinski definition) is 3. The summed E-state index contributed by atoms with van der Waals surface area (Å²) in [7, 11) is 1.93. The molecule has 0 radical (unpaired) electrons. The summed E-state index contributed by atoms with van der Waals surface area (Å²) in [6, 6.07) is 7.79. The normalized spacial score (nSPS) is 10.5. The van der Waals surface area contributed by atoms with E-state index in [0.717, 1.165) is 23.4 Å². The zero-order valence-corrected chi connectivity index (χ0v) is 10.2. The number of aryl methyl sites for hydroxylation is 2. The van der Waals surface area contributed by atoms with E-state index in [-0.39, 0.29) is 0 Å². The molecule has 0 fully saturated rings. The number of ether oxygens (including phenoxy) is 1. The highest BCUT2D eigenvalue weighted by Crippen LogP contribution is 2.22. The van der Waals surface area contributed by atoms with E-state index in [0.29, 0.717) is 12.3 Å². The van der Waals surface area contributed by atoms with Gasteiger partial charge >= 0.3 is 0 Å². The standard InChI is InChI=1S/C13H17N3O/c1-10-3-4-12(14)13(9-10)17-8-6-11-5-7-15-16(11)2/h3-5,7,9H,6,8,14H2,1-2H3. The van der Waals surface area contributed by atoms with Crippen molar-refractivity contribution in [2.45, 2.75) is 13.3 Å². The third-order valence-electron chi connectivity index (χ3n) is 2.71. The lowest BCUT2D eigenvalue weighted by atomic mass is 10.2. The van der Waals surface area contributed by atoms with E-state index in [2.05, 4.69) is 5.10 Å². The van der Waals surface area contributed by atoms with Crippen molar-refractivity contribution in [2.75, 3.05) is 12.3 Å². The third-order valence-corrected chi connectivity index (χ3v) is 2.71. The fraction of sp³-hybridized carbons (Fsp3) is 0.308. The largest absolute Gasteiger partial charge is 0.491 e. The Labute approximate surface area is 101 Å². The van der Waals surface area contributed by atoms with Crippen LogP contribution >= 0.6 is 0 Å². The average Bonchev–Trinajstić information content (AvgIpc) is 2.70. The number of rotatable bonds is 4. The Morgan fingerprint density at radius 3 is 2.88 bits per heavy atom. The summed E-state index contributed by atoms with van der Waals surface area (Å²) in [6.07, 6.45) is 2.61. The van der Waals surface area contributed by atoms with Crippen LogP contribution in [0.3, 0.4) is 0 Å². The van der Waals surface area contributed by atoms with Crippen LogP contribution in [0.2, 0.25) is 0 Å². The van der Waals surface area contributed by atoms with Gasteiger partial charge in [0.15, 0.2) is 0 Å². The monoisotopic (exact) mass is 231 g/mol. The van der Waals surface area contributed by atoms with Gasteiger partial charge in [-0.3, -0.25) is 4.68 Å². The van der Waals surface area contributed by atoms with Crippen LogP contribution in [-0.4, -0.2) is 16.4 Å². The first kappa shape index (κ1) is 11.5. The van der Waals surface area contributed by atoms with E-state index in [1.807, 2.05) is 42.9 Å². The highest BCUT2D eigenvalue weighted by Gasteiger charge is 2.02. The van der Waals surface area contributed by atoms with E-state index in [9.17, 15) is 0 Å². The maximum absolute atomic E-state index is 5.84. The molecule has 0 saturated carbocycles. The molecule has 0 amide bonds. The summed E-state index contributed by atoms with van der Waals surface area (Å²) in [5.41, 5.74) is 8.81. The number of nitrogens with two attached hydrogens (primary N) is 1. The molecule has 0 unspecified atom stereocenters. The van der Waals surface area contributed by atoms with Gasteiger partial charge in [0.2, 0.25) is 0 Å². The molecule has 2 aromatic rings. The van der Waals surface area contributed by atoms with Crippen molar-refractivity contribution >= 4 is 5.69 Å². The van der Waals surface area contributed by atoms with Gasteiger partial charge in [-0.1, -0.05) is 6.07 Å². The number of benzene rings is 1. The van der Waals surface area contributed by atoms with Crippen LogP contribution in [-0.2, 0) is 13.5 Å². The molecule has 2 rings (SSSR count).